The number of benzene rings is 2. The molecule has 2 radical (unpaired) electrons. The molecule has 0 saturated heterocycles. The van der Waals surface area contributed by atoms with Gasteiger partial charge in [0.05, 0.1) is 11.3 Å². The van der Waals surface area contributed by atoms with Gasteiger partial charge >= 0.3 is 5.97 Å². The molecule has 1 unspecified atom stereocenters. The summed E-state index contributed by atoms with van der Waals surface area (Å²) in [5.74, 6) is -0.630. The molecule has 0 saturated carbocycles. The van der Waals surface area contributed by atoms with Gasteiger partial charge in [-0.1, -0.05) is 49.6 Å². The first-order valence-corrected chi connectivity index (χ1v) is 8.06. The lowest BCUT2D eigenvalue weighted by molar-refractivity contribution is -0.118. The van der Waals surface area contributed by atoms with E-state index in [1.54, 1.807) is 0 Å². The molecule has 5 nitrogen and oxygen atoms in total. The number of aromatic carboxylic acids is 1. The highest BCUT2D eigenvalue weighted by atomic mass is 16.5. The molecule has 1 atom stereocenters. The molecule has 25 heavy (non-hydrogen) atoms. The van der Waals surface area contributed by atoms with Crippen LogP contribution >= 0.6 is 0 Å². The first-order chi connectivity index (χ1) is 11.9. The number of hydrogen-bond donors (Lipinski definition) is 2. The topological polar surface area (TPSA) is 75.6 Å². The number of para-hydroxylation sites is 1. The summed E-state index contributed by atoms with van der Waals surface area (Å²) in [4.78, 5) is 23.4. The fraction of sp³-hybridized carbons (Fsp3) is 0.263. The summed E-state index contributed by atoms with van der Waals surface area (Å²) in [6.45, 7) is 3.97. The first kappa shape index (κ1) is 18.6. The van der Waals surface area contributed by atoms with E-state index >= 15 is 0 Å². The van der Waals surface area contributed by atoms with Gasteiger partial charge in [0.2, 0.25) is 0 Å². The molecule has 1 amide bonds. The van der Waals surface area contributed by atoms with Gasteiger partial charge in [0, 0.05) is 0 Å². The number of rotatable bonds is 7. The van der Waals surface area contributed by atoms with Gasteiger partial charge in [0.25, 0.3) is 5.91 Å². The normalized spacial score (nSPS) is 11.6. The maximum Gasteiger partial charge on any atom is 0.337 e. The van der Waals surface area contributed by atoms with Crippen LogP contribution in [0.25, 0.3) is 0 Å². The zero-order valence-corrected chi connectivity index (χ0v) is 14.3. The van der Waals surface area contributed by atoms with Crippen molar-refractivity contribution in [2.75, 3.05) is 11.9 Å². The number of carbonyl (C=O) groups is 2. The fourth-order valence-electron chi connectivity index (χ4n) is 2.42. The van der Waals surface area contributed by atoms with E-state index in [0.29, 0.717) is 17.1 Å². The second-order valence-electron chi connectivity index (χ2n) is 5.79. The molecule has 0 aliphatic heterocycles. The van der Waals surface area contributed by atoms with Crippen molar-refractivity contribution >= 4 is 30.9 Å². The van der Waals surface area contributed by atoms with Crippen LogP contribution < -0.4 is 15.5 Å². The average molecular weight is 337 g/mol. The summed E-state index contributed by atoms with van der Waals surface area (Å²) in [5, 5.41) is 11.7. The van der Waals surface area contributed by atoms with Gasteiger partial charge < -0.3 is 15.2 Å². The molecule has 128 valence electrons. The number of carboxylic acids is 1. The summed E-state index contributed by atoms with van der Waals surface area (Å²) < 4.78 is 5.63. The molecule has 0 spiro atoms. The molecule has 2 aromatic rings. The second kappa shape index (κ2) is 8.37. The van der Waals surface area contributed by atoms with Crippen molar-refractivity contribution in [3.63, 3.8) is 0 Å². The van der Waals surface area contributed by atoms with Gasteiger partial charge in [-0.2, -0.15) is 0 Å². The van der Waals surface area contributed by atoms with Gasteiger partial charge in [-0.3, -0.25) is 4.79 Å². The lowest BCUT2D eigenvalue weighted by atomic mass is 9.93. The minimum atomic E-state index is -1.16. The first-order valence-electron chi connectivity index (χ1n) is 8.06. The third-order valence-electron chi connectivity index (χ3n) is 3.97. The number of nitrogens with one attached hydrogen (secondary N) is 1. The molecule has 0 bridgehead atoms. The van der Waals surface area contributed by atoms with E-state index in [1.807, 2.05) is 24.3 Å². The number of carbonyl (C=O) groups excluding carboxylic acids is 1. The van der Waals surface area contributed by atoms with Crippen LogP contribution in [-0.4, -0.2) is 31.4 Å². The summed E-state index contributed by atoms with van der Waals surface area (Å²) in [7, 11) is 5.59. The highest BCUT2D eigenvalue weighted by molar-refractivity contribution is 6.33. The number of carboxylic acid groups (broad SMARTS) is 1. The summed E-state index contributed by atoms with van der Waals surface area (Å²) in [6, 6.07) is 11.9. The minimum Gasteiger partial charge on any atom is -0.483 e. The highest BCUT2D eigenvalue weighted by Gasteiger charge is 2.14. The smallest absolute Gasteiger partial charge is 0.337 e. The third-order valence-corrected chi connectivity index (χ3v) is 3.97. The van der Waals surface area contributed by atoms with Crippen molar-refractivity contribution in [1.29, 1.82) is 0 Å². The average Bonchev–Trinajstić information content (AvgIpc) is 2.61. The van der Waals surface area contributed by atoms with E-state index in [9.17, 15) is 14.7 Å². The fourth-order valence-corrected chi connectivity index (χ4v) is 2.42. The Balaban J connectivity index is 2.07. The van der Waals surface area contributed by atoms with Crippen molar-refractivity contribution in [3.8, 4) is 5.75 Å². The zero-order valence-electron chi connectivity index (χ0n) is 14.3. The number of ether oxygens (including phenoxy) is 1. The van der Waals surface area contributed by atoms with Gasteiger partial charge in [0.15, 0.2) is 6.61 Å². The van der Waals surface area contributed by atoms with Crippen LogP contribution in [0.2, 0.25) is 0 Å². The zero-order chi connectivity index (χ0) is 18.4. The van der Waals surface area contributed by atoms with E-state index in [2.05, 4.69) is 19.2 Å². The maximum atomic E-state index is 12.1. The van der Waals surface area contributed by atoms with Crippen molar-refractivity contribution in [2.45, 2.75) is 26.2 Å². The number of hydrogen-bond acceptors (Lipinski definition) is 3. The predicted octanol–water partition coefficient (Wildman–Crippen LogP) is 2.71. The van der Waals surface area contributed by atoms with Crippen molar-refractivity contribution < 1.29 is 19.4 Å². The molecule has 2 aromatic carbocycles. The van der Waals surface area contributed by atoms with E-state index in [-0.39, 0.29) is 17.9 Å². The van der Waals surface area contributed by atoms with Gasteiger partial charge in [-0.25, -0.2) is 4.79 Å². The third kappa shape index (κ3) is 4.86. The predicted molar refractivity (Wildman–Crippen MR) is 98.1 cm³/mol. The summed E-state index contributed by atoms with van der Waals surface area (Å²) >= 11 is 0. The van der Waals surface area contributed by atoms with Crippen LogP contribution in [0.15, 0.2) is 42.5 Å². The van der Waals surface area contributed by atoms with E-state index in [1.165, 1.54) is 18.2 Å². The molecule has 0 fully saturated rings. The van der Waals surface area contributed by atoms with E-state index in [0.717, 1.165) is 12.0 Å². The Morgan fingerprint density at radius 1 is 1.24 bits per heavy atom. The maximum absolute atomic E-state index is 12.1. The quantitative estimate of drug-likeness (QED) is 0.762. The van der Waals surface area contributed by atoms with Crippen molar-refractivity contribution in [3.05, 3.63) is 53.6 Å². The summed E-state index contributed by atoms with van der Waals surface area (Å²) in [5.41, 5.74) is 1.48. The van der Waals surface area contributed by atoms with Crippen LogP contribution in [-0.2, 0) is 4.79 Å². The lowest BCUT2D eigenvalue weighted by Gasteiger charge is -2.16. The van der Waals surface area contributed by atoms with Crippen LogP contribution in [0, 0.1) is 0 Å². The van der Waals surface area contributed by atoms with Crippen molar-refractivity contribution in [1.82, 2.24) is 0 Å². The van der Waals surface area contributed by atoms with Crippen LogP contribution in [0.5, 0.6) is 5.75 Å². The Hall–Kier alpha value is -2.76. The monoisotopic (exact) mass is 337 g/mol. The van der Waals surface area contributed by atoms with Gasteiger partial charge in [-0.15, -0.1) is 0 Å². The highest BCUT2D eigenvalue weighted by Crippen LogP contribution is 2.28. The largest absolute Gasteiger partial charge is 0.483 e. The van der Waals surface area contributed by atoms with E-state index in [4.69, 9.17) is 12.6 Å². The number of amides is 1. The van der Waals surface area contributed by atoms with Gasteiger partial charge in [0.1, 0.15) is 13.6 Å². The Morgan fingerprint density at radius 2 is 1.96 bits per heavy atom. The lowest BCUT2D eigenvalue weighted by Crippen LogP contribution is -2.22. The Kier molecular flexibility index (Phi) is 6.22. The molecular weight excluding hydrogens is 317 g/mol. The van der Waals surface area contributed by atoms with Crippen LogP contribution in [0.4, 0.5) is 5.69 Å². The standard InChI is InChI=1S/C19H20BNO4/c1-3-12(2)14-6-4-5-7-17(14)25-11-18(22)21-16-9-8-13(20)10-15(16)19(23)24/h4-10,12H,3,11H2,1-2H3,(H,21,22)(H,23,24). The van der Waals surface area contributed by atoms with Crippen LogP contribution in [0.3, 0.4) is 0 Å². The second-order valence-corrected chi connectivity index (χ2v) is 5.79. The SMILES string of the molecule is [B]c1ccc(NC(=O)COc2ccccc2C(C)CC)c(C(=O)O)c1. The summed E-state index contributed by atoms with van der Waals surface area (Å²) in [6.07, 6.45) is 0.958. The molecule has 0 aliphatic rings. The number of anilines is 1. The van der Waals surface area contributed by atoms with Crippen molar-refractivity contribution in [2.24, 2.45) is 0 Å². The Labute approximate surface area is 148 Å². The molecule has 6 heteroatoms. The molecule has 2 N–H and O–H groups in total. The molecule has 2 rings (SSSR count). The Bertz CT molecular complexity index is 776. The van der Waals surface area contributed by atoms with Crippen LogP contribution in [0.1, 0.15) is 42.1 Å². The molecule has 0 heterocycles. The molecule has 0 aliphatic carbocycles. The Morgan fingerprint density at radius 3 is 2.64 bits per heavy atom. The molecular formula is C19H20BNO4. The van der Waals surface area contributed by atoms with Gasteiger partial charge in [-0.05, 0) is 30.0 Å². The molecule has 0 aromatic heterocycles. The van der Waals surface area contributed by atoms with E-state index < -0.39 is 11.9 Å². The minimum absolute atomic E-state index is 0.0617.